The number of para-hydroxylation sites is 2. The van der Waals surface area contributed by atoms with Gasteiger partial charge in [0.2, 0.25) is 0 Å². The summed E-state index contributed by atoms with van der Waals surface area (Å²) >= 11 is 0. The van der Waals surface area contributed by atoms with E-state index in [1.165, 1.54) is 0 Å². The number of nitrogens with zero attached hydrogens (tertiary/aromatic N) is 3. The maximum Gasteiger partial charge on any atom is 0.316 e. The van der Waals surface area contributed by atoms with E-state index in [0.717, 1.165) is 10.5 Å². The van der Waals surface area contributed by atoms with E-state index in [9.17, 15) is 10.0 Å². The average Bonchev–Trinajstić information content (AvgIpc) is 2.67. The lowest BCUT2D eigenvalue weighted by Crippen LogP contribution is -2.53. The van der Waals surface area contributed by atoms with Crippen LogP contribution in [0.25, 0.3) is 0 Å². The van der Waals surface area contributed by atoms with Crippen molar-refractivity contribution in [1.29, 1.82) is 0 Å². The van der Waals surface area contributed by atoms with Crippen LogP contribution in [0.15, 0.2) is 48.7 Å². The van der Waals surface area contributed by atoms with Gasteiger partial charge in [0, 0.05) is 6.07 Å². The summed E-state index contributed by atoms with van der Waals surface area (Å²) in [7, 11) is 1.57. The molecule has 1 N–H and O–H groups in total. The fraction of sp³-hybridized carbons (Fsp3) is 0.333. The van der Waals surface area contributed by atoms with E-state index in [-0.39, 0.29) is 12.5 Å². The van der Waals surface area contributed by atoms with Gasteiger partial charge in [-0.1, -0.05) is 22.9 Å². The number of aromatic nitrogens is 1. The van der Waals surface area contributed by atoms with E-state index in [1.807, 2.05) is 29.2 Å². The molecule has 0 bridgehead atoms. The van der Waals surface area contributed by atoms with E-state index in [0.29, 0.717) is 37.7 Å². The van der Waals surface area contributed by atoms with Crippen LogP contribution >= 0.6 is 0 Å². The highest BCUT2D eigenvalue weighted by Gasteiger charge is 2.28. The maximum atomic E-state index is 12.4. The molecule has 1 fully saturated rings. The molecule has 1 amide bonds. The molecular weight excluding hydrogens is 322 g/mol. The number of methoxy groups -OCH3 is 1. The minimum atomic E-state index is -0.0597. The van der Waals surface area contributed by atoms with Crippen molar-refractivity contribution in [2.45, 2.75) is 0 Å². The lowest BCUT2D eigenvalue weighted by atomic mass is 10.3. The lowest BCUT2D eigenvalue weighted by molar-refractivity contribution is -0.894. The van der Waals surface area contributed by atoms with Crippen molar-refractivity contribution >= 4 is 11.7 Å². The normalized spacial score (nSPS) is 14.3. The second-order valence-corrected chi connectivity index (χ2v) is 5.71. The Balaban J connectivity index is 1.53. The van der Waals surface area contributed by atoms with Crippen molar-refractivity contribution < 1.29 is 24.2 Å². The van der Waals surface area contributed by atoms with Crippen molar-refractivity contribution in [3.63, 3.8) is 0 Å². The number of carbonyl (C=O) groups is 1. The molecule has 2 heterocycles. The Hall–Kier alpha value is -2.96. The number of piperazine rings is 1. The van der Waals surface area contributed by atoms with E-state index in [1.54, 1.807) is 36.4 Å². The standard InChI is InChI=1S/C18H22N3O4/c1-24-15-6-2-3-7-16(15)25-14-18(22)20-12-10-19(11-13-20)17-8-4-5-9-21(17)23/h2-9,23H,10-14H2,1H3/q+1. The summed E-state index contributed by atoms with van der Waals surface area (Å²) in [5, 5.41) is 9.86. The first-order chi connectivity index (χ1) is 12.2. The molecule has 2 aromatic rings. The molecule has 1 aliphatic heterocycles. The highest BCUT2D eigenvalue weighted by molar-refractivity contribution is 5.78. The van der Waals surface area contributed by atoms with Gasteiger partial charge in [0.15, 0.2) is 18.1 Å². The Labute approximate surface area is 146 Å². The molecule has 0 atom stereocenters. The van der Waals surface area contributed by atoms with Crippen molar-refractivity contribution in [3.05, 3.63) is 48.7 Å². The molecule has 0 aliphatic carbocycles. The summed E-state index contributed by atoms with van der Waals surface area (Å²) in [6.07, 6.45) is 1.59. The molecule has 3 rings (SSSR count). The van der Waals surface area contributed by atoms with Gasteiger partial charge in [-0.3, -0.25) is 9.69 Å². The quantitative estimate of drug-likeness (QED) is 0.646. The summed E-state index contributed by atoms with van der Waals surface area (Å²) in [5.41, 5.74) is 0. The number of benzene rings is 1. The number of amides is 1. The lowest BCUT2D eigenvalue weighted by Gasteiger charge is -2.31. The van der Waals surface area contributed by atoms with E-state index >= 15 is 0 Å². The SMILES string of the molecule is COc1ccccc1OCC(=O)N1CCN(c2cccc[n+]2O)CC1. The van der Waals surface area contributed by atoms with Crippen molar-refractivity contribution in [2.75, 3.05) is 44.8 Å². The molecule has 25 heavy (non-hydrogen) atoms. The van der Waals surface area contributed by atoms with Gasteiger partial charge in [0.25, 0.3) is 5.91 Å². The van der Waals surface area contributed by atoms with Gasteiger partial charge < -0.3 is 19.6 Å². The van der Waals surface area contributed by atoms with Gasteiger partial charge in [-0.15, -0.1) is 0 Å². The molecule has 7 nitrogen and oxygen atoms in total. The summed E-state index contributed by atoms with van der Waals surface area (Å²) in [6.45, 7) is 2.47. The van der Waals surface area contributed by atoms with Crippen LogP contribution in [0.5, 0.6) is 11.5 Å². The van der Waals surface area contributed by atoms with E-state index in [4.69, 9.17) is 9.47 Å². The Morgan fingerprint density at radius 3 is 2.44 bits per heavy atom. The first-order valence-corrected chi connectivity index (χ1v) is 8.17. The number of anilines is 1. The van der Waals surface area contributed by atoms with Gasteiger partial charge in [0.1, 0.15) is 19.3 Å². The minimum absolute atomic E-state index is 0.0221. The van der Waals surface area contributed by atoms with Crippen LogP contribution in [0.1, 0.15) is 0 Å². The van der Waals surface area contributed by atoms with Crippen LogP contribution in [0.3, 0.4) is 0 Å². The Kier molecular flexibility index (Phi) is 5.23. The number of pyridine rings is 1. The fourth-order valence-corrected chi connectivity index (χ4v) is 2.83. The third kappa shape index (κ3) is 3.93. The molecule has 0 saturated carbocycles. The van der Waals surface area contributed by atoms with Gasteiger partial charge in [-0.25, -0.2) is 0 Å². The largest absolute Gasteiger partial charge is 0.493 e. The maximum absolute atomic E-state index is 12.4. The average molecular weight is 344 g/mol. The summed E-state index contributed by atoms with van der Waals surface area (Å²) in [4.78, 5) is 16.2. The first kappa shape index (κ1) is 16.9. The van der Waals surface area contributed by atoms with Crippen LogP contribution in [0.2, 0.25) is 0 Å². The number of hydrogen-bond acceptors (Lipinski definition) is 5. The van der Waals surface area contributed by atoms with Crippen LogP contribution in [-0.2, 0) is 4.79 Å². The zero-order valence-electron chi connectivity index (χ0n) is 14.2. The van der Waals surface area contributed by atoms with Crippen LogP contribution in [0, 0.1) is 0 Å². The van der Waals surface area contributed by atoms with Crippen molar-refractivity contribution in [1.82, 2.24) is 4.90 Å². The highest BCUT2D eigenvalue weighted by atomic mass is 16.5. The summed E-state index contributed by atoms with van der Waals surface area (Å²) in [5.74, 6) is 1.83. The molecule has 1 aliphatic rings. The molecular formula is C18H22N3O4+. The Morgan fingerprint density at radius 1 is 1.08 bits per heavy atom. The third-order valence-electron chi connectivity index (χ3n) is 4.19. The fourth-order valence-electron chi connectivity index (χ4n) is 2.83. The number of hydrogen-bond donors (Lipinski definition) is 1. The third-order valence-corrected chi connectivity index (χ3v) is 4.19. The number of carbonyl (C=O) groups excluding carboxylic acids is 1. The predicted molar refractivity (Wildman–Crippen MR) is 91.1 cm³/mol. The molecule has 0 unspecified atom stereocenters. The predicted octanol–water partition coefficient (Wildman–Crippen LogP) is 0.948. The second-order valence-electron chi connectivity index (χ2n) is 5.71. The Morgan fingerprint density at radius 2 is 1.76 bits per heavy atom. The minimum Gasteiger partial charge on any atom is -0.493 e. The number of ether oxygens (including phenoxy) is 2. The van der Waals surface area contributed by atoms with Crippen molar-refractivity contribution in [2.24, 2.45) is 0 Å². The highest BCUT2D eigenvalue weighted by Crippen LogP contribution is 2.25. The molecule has 7 heteroatoms. The zero-order chi connectivity index (χ0) is 17.6. The molecule has 132 valence electrons. The number of rotatable bonds is 5. The summed E-state index contributed by atoms with van der Waals surface area (Å²) in [6, 6.07) is 12.7. The van der Waals surface area contributed by atoms with Crippen LogP contribution in [-0.4, -0.2) is 55.9 Å². The smallest absolute Gasteiger partial charge is 0.316 e. The summed E-state index contributed by atoms with van der Waals surface area (Å²) < 4.78 is 11.9. The zero-order valence-corrected chi connectivity index (χ0v) is 14.2. The Bertz CT molecular complexity index is 730. The second kappa shape index (κ2) is 7.74. The van der Waals surface area contributed by atoms with Gasteiger partial charge in [0.05, 0.1) is 20.2 Å². The van der Waals surface area contributed by atoms with E-state index in [2.05, 4.69) is 0 Å². The monoisotopic (exact) mass is 344 g/mol. The van der Waals surface area contributed by atoms with E-state index < -0.39 is 0 Å². The molecule has 1 aromatic carbocycles. The van der Waals surface area contributed by atoms with Crippen molar-refractivity contribution in [3.8, 4) is 11.5 Å². The van der Waals surface area contributed by atoms with Crippen LogP contribution in [0.4, 0.5) is 5.82 Å². The van der Waals surface area contributed by atoms with Crippen LogP contribution < -0.4 is 19.1 Å². The first-order valence-electron chi connectivity index (χ1n) is 8.17. The van der Waals surface area contributed by atoms with Gasteiger partial charge in [-0.2, -0.15) is 0 Å². The molecule has 1 aromatic heterocycles. The van der Waals surface area contributed by atoms with Gasteiger partial charge >= 0.3 is 5.82 Å². The topological polar surface area (TPSA) is 66.1 Å². The molecule has 1 saturated heterocycles. The molecule has 0 spiro atoms. The van der Waals surface area contributed by atoms with Gasteiger partial charge in [-0.05, 0) is 18.2 Å². The molecule has 0 radical (unpaired) electrons.